The van der Waals surface area contributed by atoms with Crippen molar-refractivity contribution in [1.29, 1.82) is 0 Å². The summed E-state index contributed by atoms with van der Waals surface area (Å²) < 4.78 is 9.13. The normalized spacial score (nSPS) is 10.1. The van der Waals surface area contributed by atoms with E-state index in [0.29, 0.717) is 6.26 Å². The van der Waals surface area contributed by atoms with Crippen LogP contribution in [-0.2, 0) is 19.1 Å². The number of esters is 2. The smallest absolute Gasteiger partial charge is 0.878 e. The van der Waals surface area contributed by atoms with Gasteiger partial charge in [-0.3, -0.25) is 4.79 Å². The molecule has 0 aliphatic carbocycles. The van der Waals surface area contributed by atoms with Gasteiger partial charge >= 0.3 is 63.3 Å². The van der Waals surface area contributed by atoms with Crippen LogP contribution in [0.2, 0.25) is 0 Å². The first-order chi connectivity index (χ1) is 6.65. The van der Waals surface area contributed by atoms with Crippen LogP contribution in [0.5, 0.6) is 0 Å². The average Bonchev–Trinajstić information content (AvgIpc) is 2.15. The first kappa shape index (κ1) is 17.5. The molecule has 0 atom stereocenters. The average molecular weight is 240 g/mol. The minimum Gasteiger partial charge on any atom is -0.878 e. The van der Waals surface area contributed by atoms with Gasteiger partial charge in [-0.1, -0.05) is 0 Å². The molecule has 0 amide bonds. The molecule has 0 aliphatic rings. The van der Waals surface area contributed by atoms with Gasteiger partial charge in [-0.05, 0) is 13.8 Å². The standard InChI is InChI=1S/C9H14O5.K/c1-3-13-8(11)5-7(6-10)9(12)14-4-2;/h6,10H,3-5H2,1-2H3;/q;+1/p-1. The molecule has 0 aromatic rings. The molecule has 0 aromatic heterocycles. The van der Waals surface area contributed by atoms with Gasteiger partial charge in [0.05, 0.1) is 19.6 Å². The number of ether oxygens (including phenoxy) is 2. The molecular weight excluding hydrogens is 227 g/mol. The summed E-state index contributed by atoms with van der Waals surface area (Å²) in [5.74, 6) is -1.38. The largest absolute Gasteiger partial charge is 1.00 e. The van der Waals surface area contributed by atoms with E-state index in [2.05, 4.69) is 9.47 Å². The maximum atomic E-state index is 11.0. The van der Waals surface area contributed by atoms with Crippen molar-refractivity contribution in [1.82, 2.24) is 0 Å². The SMILES string of the molecule is CCOC(=O)CC(=C[O-])C(=O)OCC.[K+]. The van der Waals surface area contributed by atoms with E-state index in [1.807, 2.05) is 0 Å². The summed E-state index contributed by atoms with van der Waals surface area (Å²) in [6, 6.07) is 0. The Labute approximate surface area is 131 Å². The molecule has 15 heavy (non-hydrogen) atoms. The Hall–Kier alpha value is 0.116. The molecule has 0 aliphatic heterocycles. The Morgan fingerprint density at radius 3 is 2.13 bits per heavy atom. The predicted octanol–water partition coefficient (Wildman–Crippen LogP) is -3.25. The van der Waals surface area contributed by atoms with Gasteiger partial charge in [-0.25, -0.2) is 4.79 Å². The van der Waals surface area contributed by atoms with Crippen molar-refractivity contribution in [3.63, 3.8) is 0 Å². The van der Waals surface area contributed by atoms with Crippen molar-refractivity contribution in [3.8, 4) is 0 Å². The number of hydrogen-bond acceptors (Lipinski definition) is 5. The molecule has 0 aromatic carbocycles. The van der Waals surface area contributed by atoms with Crippen LogP contribution < -0.4 is 56.5 Å². The zero-order valence-corrected chi connectivity index (χ0v) is 12.4. The molecule has 0 rings (SSSR count). The second-order valence-corrected chi connectivity index (χ2v) is 2.35. The van der Waals surface area contributed by atoms with Crippen molar-refractivity contribution in [2.45, 2.75) is 20.3 Å². The van der Waals surface area contributed by atoms with Crippen molar-refractivity contribution in [2.24, 2.45) is 0 Å². The molecule has 0 saturated carbocycles. The van der Waals surface area contributed by atoms with Gasteiger partial charge in [-0.15, -0.1) is 6.26 Å². The Morgan fingerprint density at radius 2 is 1.73 bits per heavy atom. The van der Waals surface area contributed by atoms with Crippen LogP contribution in [0.4, 0.5) is 0 Å². The number of rotatable bonds is 5. The molecule has 0 fully saturated rings. The molecule has 0 radical (unpaired) electrons. The summed E-state index contributed by atoms with van der Waals surface area (Å²) in [6.07, 6.45) is -0.0227. The fourth-order valence-corrected chi connectivity index (χ4v) is 0.753. The maximum Gasteiger partial charge on any atom is 1.00 e. The van der Waals surface area contributed by atoms with E-state index in [4.69, 9.17) is 0 Å². The summed E-state index contributed by atoms with van der Waals surface area (Å²) in [5.41, 5.74) is -0.217. The first-order valence-corrected chi connectivity index (χ1v) is 4.29. The number of carbonyl (C=O) groups excluding carboxylic acids is 2. The van der Waals surface area contributed by atoms with Gasteiger partial charge in [0.25, 0.3) is 0 Å². The third-order valence-electron chi connectivity index (χ3n) is 1.32. The first-order valence-electron chi connectivity index (χ1n) is 4.29. The van der Waals surface area contributed by atoms with Crippen LogP contribution in [0.15, 0.2) is 11.8 Å². The minimum absolute atomic E-state index is 0. The fourth-order valence-electron chi connectivity index (χ4n) is 0.753. The summed E-state index contributed by atoms with van der Waals surface area (Å²) in [5, 5.41) is 10.4. The van der Waals surface area contributed by atoms with Crippen LogP contribution >= 0.6 is 0 Å². The van der Waals surface area contributed by atoms with Gasteiger partial charge in [0.15, 0.2) is 0 Å². The van der Waals surface area contributed by atoms with E-state index < -0.39 is 11.9 Å². The van der Waals surface area contributed by atoms with Gasteiger partial charge in [0.2, 0.25) is 0 Å². The third-order valence-corrected chi connectivity index (χ3v) is 1.32. The van der Waals surface area contributed by atoms with Crippen molar-refractivity contribution in [2.75, 3.05) is 13.2 Å². The minimum atomic E-state index is -0.768. The predicted molar refractivity (Wildman–Crippen MR) is 46.0 cm³/mol. The van der Waals surface area contributed by atoms with Crippen LogP contribution in [-0.4, -0.2) is 25.2 Å². The third kappa shape index (κ3) is 7.98. The zero-order chi connectivity index (χ0) is 11.0. The summed E-state index contributed by atoms with van der Waals surface area (Å²) in [6.45, 7) is 3.64. The Morgan fingerprint density at radius 1 is 1.20 bits per heavy atom. The van der Waals surface area contributed by atoms with Crippen molar-refractivity contribution in [3.05, 3.63) is 11.8 Å². The molecule has 0 spiro atoms. The Kier molecular flexibility index (Phi) is 12.4. The van der Waals surface area contributed by atoms with E-state index in [0.717, 1.165) is 0 Å². The van der Waals surface area contributed by atoms with E-state index in [1.54, 1.807) is 13.8 Å². The fraction of sp³-hybridized carbons (Fsp3) is 0.556. The van der Waals surface area contributed by atoms with Crippen LogP contribution in [0.25, 0.3) is 0 Å². The Balaban J connectivity index is 0. The van der Waals surface area contributed by atoms with Crippen LogP contribution in [0.3, 0.4) is 0 Å². The van der Waals surface area contributed by atoms with E-state index >= 15 is 0 Å². The summed E-state index contributed by atoms with van der Waals surface area (Å²) in [4.78, 5) is 21.9. The molecule has 0 N–H and O–H groups in total. The zero-order valence-electron chi connectivity index (χ0n) is 9.24. The molecule has 6 heteroatoms. The number of hydrogen-bond donors (Lipinski definition) is 0. The molecule has 80 valence electrons. The van der Waals surface area contributed by atoms with E-state index in [-0.39, 0.29) is 76.6 Å². The van der Waals surface area contributed by atoms with Gasteiger partial charge < -0.3 is 14.6 Å². The quantitative estimate of drug-likeness (QED) is 0.218. The molecule has 5 nitrogen and oxygen atoms in total. The van der Waals surface area contributed by atoms with Crippen LogP contribution in [0.1, 0.15) is 20.3 Å². The van der Waals surface area contributed by atoms with Gasteiger partial charge in [0.1, 0.15) is 0 Å². The monoisotopic (exact) mass is 240 g/mol. The number of carbonyl (C=O) groups is 2. The molecule has 0 unspecified atom stereocenters. The molecular formula is C9H13KO5. The second kappa shape index (κ2) is 10.6. The molecule has 0 heterocycles. The van der Waals surface area contributed by atoms with E-state index in [9.17, 15) is 14.7 Å². The van der Waals surface area contributed by atoms with Crippen LogP contribution in [0, 0.1) is 0 Å². The molecule has 0 saturated heterocycles. The van der Waals surface area contributed by atoms with Gasteiger partial charge in [-0.2, -0.15) is 0 Å². The van der Waals surface area contributed by atoms with Crippen molar-refractivity contribution < 1.29 is 75.6 Å². The Bertz CT molecular complexity index is 237. The summed E-state index contributed by atoms with van der Waals surface area (Å²) in [7, 11) is 0. The maximum absolute atomic E-state index is 11.0. The van der Waals surface area contributed by atoms with Gasteiger partial charge in [0, 0.05) is 5.57 Å². The topological polar surface area (TPSA) is 75.7 Å². The van der Waals surface area contributed by atoms with Crippen molar-refractivity contribution >= 4 is 11.9 Å². The molecule has 0 bridgehead atoms. The van der Waals surface area contributed by atoms with E-state index in [1.165, 1.54) is 0 Å². The second-order valence-electron chi connectivity index (χ2n) is 2.35. The summed E-state index contributed by atoms with van der Waals surface area (Å²) >= 11 is 0.